The Hall–Kier alpha value is -1.71. The Morgan fingerprint density at radius 2 is 2.00 bits per heavy atom. The molecule has 1 aromatic carbocycles. The molecule has 0 unspecified atom stereocenters. The van der Waals surface area contributed by atoms with Crippen molar-refractivity contribution in [3.63, 3.8) is 0 Å². The van der Waals surface area contributed by atoms with Gasteiger partial charge in [0.25, 0.3) is 0 Å². The molecule has 0 aliphatic rings. The topological polar surface area (TPSA) is 64.3 Å². The zero-order valence-electron chi connectivity index (χ0n) is 11.9. The molecule has 0 saturated carbocycles. The summed E-state index contributed by atoms with van der Waals surface area (Å²) in [6.07, 6.45) is 6.23. The van der Waals surface area contributed by atoms with Crippen LogP contribution in [0.25, 0.3) is 0 Å². The maximum absolute atomic E-state index is 11.8. The second-order valence-corrected chi connectivity index (χ2v) is 4.67. The highest BCUT2D eigenvalue weighted by atomic mass is 16.5. The van der Waals surface area contributed by atoms with Crippen LogP contribution in [0.1, 0.15) is 45.4 Å². The summed E-state index contributed by atoms with van der Waals surface area (Å²) in [6, 6.07) is 5.25. The van der Waals surface area contributed by atoms with E-state index in [0.717, 1.165) is 12.8 Å². The van der Waals surface area contributed by atoms with Gasteiger partial charge in [-0.2, -0.15) is 0 Å². The summed E-state index contributed by atoms with van der Waals surface area (Å²) >= 11 is 0. The van der Waals surface area contributed by atoms with Gasteiger partial charge in [-0.05, 0) is 18.6 Å². The lowest BCUT2D eigenvalue weighted by molar-refractivity contribution is -0.116. The molecule has 4 nitrogen and oxygen atoms in total. The smallest absolute Gasteiger partial charge is 0.224 e. The maximum Gasteiger partial charge on any atom is 0.224 e. The Labute approximate surface area is 115 Å². The van der Waals surface area contributed by atoms with Gasteiger partial charge >= 0.3 is 0 Å². The van der Waals surface area contributed by atoms with Crippen molar-refractivity contribution in [3.8, 4) is 5.75 Å². The van der Waals surface area contributed by atoms with Crippen molar-refractivity contribution >= 4 is 17.3 Å². The minimum Gasteiger partial charge on any atom is -0.497 e. The molecule has 0 saturated heterocycles. The summed E-state index contributed by atoms with van der Waals surface area (Å²) < 4.78 is 5.11. The fraction of sp³-hybridized carbons (Fsp3) is 0.533. The highest BCUT2D eigenvalue weighted by Crippen LogP contribution is 2.24. The van der Waals surface area contributed by atoms with Crippen LogP contribution in [-0.4, -0.2) is 13.0 Å². The molecule has 1 rings (SSSR count). The van der Waals surface area contributed by atoms with Gasteiger partial charge in [0, 0.05) is 12.5 Å². The zero-order chi connectivity index (χ0) is 14.1. The van der Waals surface area contributed by atoms with E-state index in [1.54, 1.807) is 25.3 Å². The highest BCUT2D eigenvalue weighted by molar-refractivity contribution is 5.94. The molecule has 0 heterocycles. The Morgan fingerprint density at radius 1 is 1.26 bits per heavy atom. The lowest BCUT2D eigenvalue weighted by Gasteiger charge is -2.09. The predicted molar refractivity (Wildman–Crippen MR) is 79.4 cm³/mol. The van der Waals surface area contributed by atoms with E-state index >= 15 is 0 Å². The van der Waals surface area contributed by atoms with E-state index < -0.39 is 0 Å². The fourth-order valence-corrected chi connectivity index (χ4v) is 1.87. The largest absolute Gasteiger partial charge is 0.497 e. The van der Waals surface area contributed by atoms with Gasteiger partial charge in [-0.25, -0.2) is 0 Å². The average Bonchev–Trinajstić information content (AvgIpc) is 2.41. The van der Waals surface area contributed by atoms with Crippen molar-refractivity contribution in [2.45, 2.75) is 45.4 Å². The summed E-state index contributed by atoms with van der Waals surface area (Å²) in [5.74, 6) is 0.698. The van der Waals surface area contributed by atoms with Crippen molar-refractivity contribution < 1.29 is 9.53 Å². The van der Waals surface area contributed by atoms with Crippen molar-refractivity contribution in [2.75, 3.05) is 18.2 Å². The van der Waals surface area contributed by atoms with E-state index in [4.69, 9.17) is 10.5 Å². The number of amides is 1. The van der Waals surface area contributed by atoms with Crippen LogP contribution in [0.2, 0.25) is 0 Å². The summed E-state index contributed by atoms with van der Waals surface area (Å²) in [7, 11) is 1.59. The number of benzene rings is 1. The number of methoxy groups -OCH3 is 1. The van der Waals surface area contributed by atoms with Crippen molar-refractivity contribution in [1.29, 1.82) is 0 Å². The molecule has 0 bridgehead atoms. The van der Waals surface area contributed by atoms with Crippen molar-refractivity contribution in [2.24, 2.45) is 0 Å². The molecule has 1 aromatic rings. The van der Waals surface area contributed by atoms with Gasteiger partial charge in [-0.1, -0.05) is 32.6 Å². The van der Waals surface area contributed by atoms with Gasteiger partial charge in [0.1, 0.15) is 5.75 Å². The van der Waals surface area contributed by atoms with E-state index in [2.05, 4.69) is 12.2 Å². The number of anilines is 2. The Balaban J connectivity index is 2.39. The number of hydrogen-bond acceptors (Lipinski definition) is 3. The first-order chi connectivity index (χ1) is 9.17. The molecule has 106 valence electrons. The van der Waals surface area contributed by atoms with Gasteiger partial charge in [0.15, 0.2) is 0 Å². The zero-order valence-corrected chi connectivity index (χ0v) is 11.9. The van der Waals surface area contributed by atoms with Crippen LogP contribution in [0.5, 0.6) is 5.75 Å². The van der Waals surface area contributed by atoms with Crippen LogP contribution in [0.4, 0.5) is 11.4 Å². The van der Waals surface area contributed by atoms with E-state index in [9.17, 15) is 4.79 Å². The molecule has 0 aliphatic heterocycles. The molecular formula is C15H24N2O2. The maximum atomic E-state index is 11.8. The molecule has 0 fully saturated rings. The summed E-state index contributed by atoms with van der Waals surface area (Å²) in [6.45, 7) is 2.18. The van der Waals surface area contributed by atoms with Crippen LogP contribution >= 0.6 is 0 Å². The van der Waals surface area contributed by atoms with E-state index in [0.29, 0.717) is 23.5 Å². The molecule has 0 spiro atoms. The Kier molecular flexibility index (Phi) is 6.79. The number of nitrogens with one attached hydrogen (secondary N) is 1. The molecule has 4 heteroatoms. The number of carbonyl (C=O) groups is 1. The van der Waals surface area contributed by atoms with Gasteiger partial charge in [0.05, 0.1) is 18.5 Å². The first kappa shape index (κ1) is 15.3. The minimum atomic E-state index is 0.0106. The summed E-state index contributed by atoms with van der Waals surface area (Å²) in [5, 5.41) is 2.83. The third-order valence-corrected chi connectivity index (χ3v) is 3.04. The van der Waals surface area contributed by atoms with Gasteiger partial charge in [0.2, 0.25) is 5.91 Å². The summed E-state index contributed by atoms with van der Waals surface area (Å²) in [4.78, 5) is 11.8. The van der Waals surface area contributed by atoms with Crippen LogP contribution < -0.4 is 15.8 Å². The standard InChI is InChI=1S/C15H24N2O2/c1-3-4-5-6-7-8-15(18)17-14-11-12(19-2)9-10-13(14)16/h9-11H,3-8,16H2,1-2H3,(H,17,18). The highest BCUT2D eigenvalue weighted by Gasteiger charge is 2.06. The van der Waals surface area contributed by atoms with Crippen LogP contribution in [0.3, 0.4) is 0 Å². The van der Waals surface area contributed by atoms with E-state index in [1.807, 2.05) is 0 Å². The van der Waals surface area contributed by atoms with Gasteiger partial charge in [-0.3, -0.25) is 4.79 Å². The molecular weight excluding hydrogens is 240 g/mol. The number of carbonyl (C=O) groups excluding carboxylic acids is 1. The molecule has 19 heavy (non-hydrogen) atoms. The van der Waals surface area contributed by atoms with E-state index in [-0.39, 0.29) is 5.91 Å². The quantitative estimate of drug-likeness (QED) is 0.557. The average molecular weight is 264 g/mol. The SMILES string of the molecule is CCCCCCCC(=O)Nc1cc(OC)ccc1N. The second kappa shape index (κ2) is 8.40. The van der Waals surface area contributed by atoms with E-state index in [1.165, 1.54) is 19.3 Å². The first-order valence-corrected chi connectivity index (χ1v) is 6.90. The molecule has 0 radical (unpaired) electrons. The number of rotatable bonds is 8. The number of hydrogen-bond donors (Lipinski definition) is 2. The lowest BCUT2D eigenvalue weighted by atomic mass is 10.1. The number of unbranched alkanes of at least 4 members (excludes halogenated alkanes) is 4. The Bertz CT molecular complexity index is 405. The predicted octanol–water partition coefficient (Wildman–Crippen LogP) is 3.58. The number of nitrogens with two attached hydrogens (primary N) is 1. The summed E-state index contributed by atoms with van der Waals surface area (Å²) in [5.41, 5.74) is 7.00. The third-order valence-electron chi connectivity index (χ3n) is 3.04. The second-order valence-electron chi connectivity index (χ2n) is 4.67. The van der Waals surface area contributed by atoms with Crippen LogP contribution in [-0.2, 0) is 4.79 Å². The van der Waals surface area contributed by atoms with Crippen LogP contribution in [0.15, 0.2) is 18.2 Å². The monoisotopic (exact) mass is 264 g/mol. The molecule has 0 aliphatic carbocycles. The normalized spacial score (nSPS) is 10.2. The third kappa shape index (κ3) is 5.64. The van der Waals surface area contributed by atoms with Crippen LogP contribution in [0, 0.1) is 0 Å². The molecule has 3 N–H and O–H groups in total. The Morgan fingerprint density at radius 3 is 2.68 bits per heavy atom. The first-order valence-electron chi connectivity index (χ1n) is 6.90. The van der Waals surface area contributed by atoms with Crippen molar-refractivity contribution in [1.82, 2.24) is 0 Å². The fourth-order valence-electron chi connectivity index (χ4n) is 1.87. The number of ether oxygens (including phenoxy) is 1. The molecule has 1 amide bonds. The van der Waals surface area contributed by atoms with Gasteiger partial charge in [-0.15, -0.1) is 0 Å². The lowest BCUT2D eigenvalue weighted by Crippen LogP contribution is -2.12. The number of nitrogen functional groups attached to an aromatic ring is 1. The van der Waals surface area contributed by atoms with Gasteiger partial charge < -0.3 is 15.8 Å². The van der Waals surface area contributed by atoms with Crippen molar-refractivity contribution in [3.05, 3.63) is 18.2 Å². The molecule has 0 aromatic heterocycles. The molecule has 0 atom stereocenters. The minimum absolute atomic E-state index is 0.0106.